The molecule has 1 atom stereocenters. The average Bonchev–Trinajstić information content (AvgIpc) is 3.14. The minimum Gasteiger partial charge on any atom is -0.358 e. The number of benzene rings is 1. The molecule has 3 heterocycles. The van der Waals surface area contributed by atoms with Crippen LogP contribution in [0, 0.1) is 5.82 Å². The number of aromatic amines is 1. The van der Waals surface area contributed by atoms with Gasteiger partial charge in [-0.3, -0.25) is 9.69 Å². The van der Waals surface area contributed by atoms with Crippen LogP contribution >= 0.6 is 0 Å². The third-order valence-electron chi connectivity index (χ3n) is 5.51. The largest absolute Gasteiger partial charge is 0.358 e. The van der Waals surface area contributed by atoms with E-state index in [0.717, 1.165) is 22.2 Å². The molecule has 1 aromatic carbocycles. The summed E-state index contributed by atoms with van der Waals surface area (Å²) in [6.07, 6.45) is 1.29. The van der Waals surface area contributed by atoms with Crippen molar-refractivity contribution in [3.05, 3.63) is 35.3 Å². The van der Waals surface area contributed by atoms with E-state index in [1.807, 2.05) is 4.90 Å². The van der Waals surface area contributed by atoms with Crippen LogP contribution in [0.2, 0.25) is 0 Å². The number of amides is 1. The van der Waals surface area contributed by atoms with Crippen LogP contribution in [-0.2, 0) is 27.6 Å². The van der Waals surface area contributed by atoms with Gasteiger partial charge in [0.15, 0.2) is 9.84 Å². The highest BCUT2D eigenvalue weighted by Crippen LogP contribution is 2.28. The van der Waals surface area contributed by atoms with Crippen LogP contribution in [0.1, 0.15) is 17.7 Å². The van der Waals surface area contributed by atoms with Crippen molar-refractivity contribution in [2.75, 3.05) is 31.6 Å². The minimum absolute atomic E-state index is 0.0202. The Morgan fingerprint density at radius 3 is 2.96 bits per heavy atom. The van der Waals surface area contributed by atoms with Crippen molar-refractivity contribution in [1.29, 1.82) is 0 Å². The van der Waals surface area contributed by atoms with Gasteiger partial charge in [0, 0.05) is 47.7 Å². The molecule has 0 radical (unpaired) electrons. The van der Waals surface area contributed by atoms with E-state index in [9.17, 15) is 17.6 Å². The zero-order valence-corrected chi connectivity index (χ0v) is 15.5. The molecule has 0 aliphatic carbocycles. The van der Waals surface area contributed by atoms with E-state index in [4.69, 9.17) is 0 Å². The molecule has 8 heteroatoms. The van der Waals surface area contributed by atoms with Gasteiger partial charge in [-0.2, -0.15) is 0 Å². The fraction of sp³-hybridized carbons (Fsp3) is 0.500. The number of nitrogens with zero attached hydrogens (tertiary/aromatic N) is 2. The second kappa shape index (κ2) is 6.35. The Morgan fingerprint density at radius 2 is 2.23 bits per heavy atom. The molecule has 1 aromatic heterocycles. The molecule has 0 saturated carbocycles. The molecule has 1 fully saturated rings. The Bertz CT molecular complexity index is 969. The fourth-order valence-electron chi connectivity index (χ4n) is 3.96. The molecule has 6 nitrogen and oxygen atoms in total. The van der Waals surface area contributed by atoms with Crippen LogP contribution in [-0.4, -0.2) is 66.8 Å². The maximum absolute atomic E-state index is 13.6. The Hall–Kier alpha value is -1.93. The molecule has 26 heavy (non-hydrogen) atoms. The normalized spacial score (nSPS) is 22.1. The SMILES string of the molecule is CN(CC(=O)N1CCc2[nH]c3ccc(F)cc3c2C1)C1CCS(=O)(=O)C1. The molecule has 0 bridgehead atoms. The van der Waals surface area contributed by atoms with E-state index in [1.165, 1.54) is 12.1 Å². The van der Waals surface area contributed by atoms with Crippen LogP contribution in [0.15, 0.2) is 18.2 Å². The summed E-state index contributed by atoms with van der Waals surface area (Å²) in [5.74, 6) is 0.0189. The van der Waals surface area contributed by atoms with E-state index >= 15 is 0 Å². The summed E-state index contributed by atoms with van der Waals surface area (Å²) in [7, 11) is -1.16. The van der Waals surface area contributed by atoms with E-state index in [1.54, 1.807) is 18.0 Å². The second-order valence-corrected chi connectivity index (χ2v) is 9.54. The van der Waals surface area contributed by atoms with Gasteiger partial charge in [-0.1, -0.05) is 0 Å². The van der Waals surface area contributed by atoms with Gasteiger partial charge < -0.3 is 9.88 Å². The summed E-state index contributed by atoms with van der Waals surface area (Å²) in [5.41, 5.74) is 2.93. The highest BCUT2D eigenvalue weighted by molar-refractivity contribution is 7.91. The number of carbonyl (C=O) groups is 1. The van der Waals surface area contributed by atoms with Crippen molar-refractivity contribution in [2.24, 2.45) is 0 Å². The zero-order chi connectivity index (χ0) is 18.5. The van der Waals surface area contributed by atoms with Crippen molar-refractivity contribution in [3.8, 4) is 0 Å². The molecule has 1 unspecified atom stereocenters. The molecular formula is C18H22FN3O3S. The molecule has 1 N–H and O–H groups in total. The second-order valence-electron chi connectivity index (χ2n) is 7.31. The van der Waals surface area contributed by atoms with Gasteiger partial charge in [0.25, 0.3) is 0 Å². The summed E-state index contributed by atoms with van der Waals surface area (Å²) in [6, 6.07) is 4.57. The summed E-state index contributed by atoms with van der Waals surface area (Å²) in [4.78, 5) is 19.7. The summed E-state index contributed by atoms with van der Waals surface area (Å²) in [6.45, 7) is 1.26. The van der Waals surface area contributed by atoms with E-state index in [-0.39, 0.29) is 35.8 Å². The van der Waals surface area contributed by atoms with Crippen LogP contribution < -0.4 is 0 Å². The predicted octanol–water partition coefficient (Wildman–Crippen LogP) is 1.31. The standard InChI is InChI=1S/C18H22FN3O3S/c1-21(13-5-7-26(24,25)11-13)10-18(23)22-6-4-17-15(9-22)14-8-12(19)2-3-16(14)20-17/h2-3,8,13,20H,4-7,9-11H2,1H3. The Labute approximate surface area is 151 Å². The van der Waals surface area contributed by atoms with Crippen molar-refractivity contribution in [3.63, 3.8) is 0 Å². The molecular weight excluding hydrogens is 357 g/mol. The van der Waals surface area contributed by atoms with E-state index in [2.05, 4.69) is 4.98 Å². The van der Waals surface area contributed by atoms with Gasteiger partial charge in [0.2, 0.25) is 5.91 Å². The van der Waals surface area contributed by atoms with Crippen LogP contribution in [0.5, 0.6) is 0 Å². The first kappa shape index (κ1) is 17.5. The molecule has 1 amide bonds. The first-order chi connectivity index (χ1) is 12.3. The first-order valence-corrected chi connectivity index (χ1v) is 10.6. The number of H-pyrrole nitrogens is 1. The van der Waals surface area contributed by atoms with Crippen molar-refractivity contribution in [1.82, 2.24) is 14.8 Å². The van der Waals surface area contributed by atoms with Gasteiger partial charge in [0.05, 0.1) is 18.1 Å². The molecule has 0 spiro atoms. The lowest BCUT2D eigenvalue weighted by Crippen LogP contribution is -2.44. The lowest BCUT2D eigenvalue weighted by molar-refractivity contribution is -0.133. The van der Waals surface area contributed by atoms with E-state index in [0.29, 0.717) is 25.9 Å². The van der Waals surface area contributed by atoms with Crippen LogP contribution in [0.25, 0.3) is 10.9 Å². The van der Waals surface area contributed by atoms with Crippen LogP contribution in [0.4, 0.5) is 4.39 Å². The van der Waals surface area contributed by atoms with Crippen molar-refractivity contribution in [2.45, 2.75) is 25.4 Å². The Kier molecular flexibility index (Phi) is 4.27. The number of fused-ring (bicyclic) bond motifs is 3. The number of nitrogens with one attached hydrogen (secondary N) is 1. The molecule has 1 saturated heterocycles. The molecule has 2 aromatic rings. The lowest BCUT2D eigenvalue weighted by Gasteiger charge is -2.30. The first-order valence-electron chi connectivity index (χ1n) is 8.80. The van der Waals surface area contributed by atoms with Gasteiger partial charge in [-0.05, 0) is 31.7 Å². The zero-order valence-electron chi connectivity index (χ0n) is 14.7. The summed E-state index contributed by atoms with van der Waals surface area (Å²) in [5, 5.41) is 0.827. The maximum Gasteiger partial charge on any atom is 0.237 e. The number of likely N-dealkylation sites (N-methyl/N-ethyl adjacent to an activating group) is 1. The average molecular weight is 379 g/mol. The number of rotatable bonds is 3. The van der Waals surface area contributed by atoms with Gasteiger partial charge in [-0.25, -0.2) is 12.8 Å². The number of halogens is 1. The quantitative estimate of drug-likeness (QED) is 0.873. The number of aromatic nitrogens is 1. The topological polar surface area (TPSA) is 73.5 Å². The predicted molar refractivity (Wildman–Crippen MR) is 97.1 cm³/mol. The van der Waals surface area contributed by atoms with Crippen LogP contribution in [0.3, 0.4) is 0 Å². The van der Waals surface area contributed by atoms with Gasteiger partial charge >= 0.3 is 0 Å². The van der Waals surface area contributed by atoms with Gasteiger partial charge in [-0.15, -0.1) is 0 Å². The lowest BCUT2D eigenvalue weighted by atomic mass is 10.0. The Morgan fingerprint density at radius 1 is 1.42 bits per heavy atom. The molecule has 2 aliphatic heterocycles. The minimum atomic E-state index is -2.97. The van der Waals surface area contributed by atoms with Crippen molar-refractivity contribution < 1.29 is 17.6 Å². The molecule has 4 rings (SSSR count). The van der Waals surface area contributed by atoms with Gasteiger partial charge in [0.1, 0.15) is 5.82 Å². The highest BCUT2D eigenvalue weighted by Gasteiger charge is 2.32. The Balaban J connectivity index is 1.47. The monoisotopic (exact) mass is 379 g/mol. The van der Waals surface area contributed by atoms with Crippen molar-refractivity contribution >= 4 is 26.6 Å². The summed E-state index contributed by atoms with van der Waals surface area (Å²) >= 11 is 0. The smallest absolute Gasteiger partial charge is 0.237 e. The third-order valence-corrected chi connectivity index (χ3v) is 7.26. The summed E-state index contributed by atoms with van der Waals surface area (Å²) < 4.78 is 36.9. The number of sulfone groups is 1. The highest BCUT2D eigenvalue weighted by atomic mass is 32.2. The third kappa shape index (κ3) is 3.23. The van der Waals surface area contributed by atoms with E-state index < -0.39 is 9.84 Å². The number of hydrogen-bond acceptors (Lipinski definition) is 4. The maximum atomic E-state index is 13.6. The molecule has 2 aliphatic rings. The molecule has 140 valence electrons. The fourth-order valence-corrected chi connectivity index (χ4v) is 5.77. The number of hydrogen-bond donors (Lipinski definition) is 1. The number of carbonyl (C=O) groups excluding carboxylic acids is 1.